The maximum absolute atomic E-state index is 13.0. The normalized spacial score (nSPS) is 14.2. The number of carbonyl (C=O) groups is 1. The zero-order chi connectivity index (χ0) is 12.3. The molecule has 0 aliphatic heterocycles. The summed E-state index contributed by atoms with van der Waals surface area (Å²) in [6.45, 7) is 0. The Morgan fingerprint density at radius 1 is 1.44 bits per heavy atom. The van der Waals surface area contributed by atoms with Crippen molar-refractivity contribution in [3.8, 4) is 5.75 Å². The number of aliphatic hydroxyl groups is 2. The molecule has 1 rings (SSSR count). The van der Waals surface area contributed by atoms with Crippen molar-refractivity contribution in [2.45, 2.75) is 12.2 Å². The lowest BCUT2D eigenvalue weighted by Crippen LogP contribution is -2.27. The molecule has 0 aliphatic rings. The second-order valence-corrected chi connectivity index (χ2v) is 3.12. The van der Waals surface area contributed by atoms with Gasteiger partial charge in [-0.05, 0) is 17.7 Å². The lowest BCUT2D eigenvalue weighted by Gasteiger charge is -2.15. The van der Waals surface area contributed by atoms with Crippen LogP contribution in [0.15, 0.2) is 18.2 Å². The van der Waals surface area contributed by atoms with Gasteiger partial charge in [0.2, 0.25) is 0 Å². The SMILES string of the molecule is COc1cc(C(O)C(O)C(=O)O)ccc1F. The molecule has 0 radical (unpaired) electrons. The highest BCUT2D eigenvalue weighted by atomic mass is 19.1. The molecule has 0 aromatic heterocycles. The van der Waals surface area contributed by atoms with Crippen LogP contribution in [-0.2, 0) is 4.79 Å². The molecule has 16 heavy (non-hydrogen) atoms. The van der Waals surface area contributed by atoms with Crippen molar-refractivity contribution in [3.63, 3.8) is 0 Å². The molecule has 0 fully saturated rings. The number of rotatable bonds is 4. The number of hydrogen-bond donors (Lipinski definition) is 3. The Labute approximate surface area is 90.7 Å². The van der Waals surface area contributed by atoms with Crippen molar-refractivity contribution in [2.24, 2.45) is 0 Å². The summed E-state index contributed by atoms with van der Waals surface area (Å²) in [5.41, 5.74) is 0.0631. The molecule has 0 bridgehead atoms. The second kappa shape index (κ2) is 4.91. The van der Waals surface area contributed by atoms with Crippen LogP contribution in [0, 0.1) is 5.82 Å². The fraction of sp³-hybridized carbons (Fsp3) is 0.300. The third-order valence-electron chi connectivity index (χ3n) is 2.07. The van der Waals surface area contributed by atoms with Crippen LogP contribution in [0.1, 0.15) is 11.7 Å². The van der Waals surface area contributed by atoms with E-state index < -0.39 is 24.0 Å². The molecule has 1 aromatic carbocycles. The van der Waals surface area contributed by atoms with Gasteiger partial charge in [-0.2, -0.15) is 0 Å². The molecular formula is C10H11FO5. The monoisotopic (exact) mass is 230 g/mol. The highest BCUT2D eigenvalue weighted by Crippen LogP contribution is 2.24. The Bertz CT molecular complexity index is 393. The fourth-order valence-electron chi connectivity index (χ4n) is 1.18. The summed E-state index contributed by atoms with van der Waals surface area (Å²) in [5.74, 6) is -2.33. The van der Waals surface area contributed by atoms with Gasteiger partial charge in [0, 0.05) is 0 Å². The summed E-state index contributed by atoms with van der Waals surface area (Å²) < 4.78 is 17.7. The van der Waals surface area contributed by atoms with Gasteiger partial charge in [-0.1, -0.05) is 6.07 Å². The van der Waals surface area contributed by atoms with Crippen LogP contribution in [0.3, 0.4) is 0 Å². The first-order valence-corrected chi connectivity index (χ1v) is 4.39. The molecule has 5 nitrogen and oxygen atoms in total. The quantitative estimate of drug-likeness (QED) is 0.693. The third kappa shape index (κ3) is 2.47. The zero-order valence-electron chi connectivity index (χ0n) is 8.42. The van der Waals surface area contributed by atoms with E-state index in [9.17, 15) is 14.3 Å². The minimum absolute atomic E-state index is 0.0631. The van der Waals surface area contributed by atoms with E-state index in [1.54, 1.807) is 0 Å². The number of hydrogen-bond acceptors (Lipinski definition) is 4. The van der Waals surface area contributed by atoms with E-state index in [0.29, 0.717) is 0 Å². The van der Waals surface area contributed by atoms with Gasteiger partial charge in [-0.15, -0.1) is 0 Å². The Balaban J connectivity index is 3.00. The Hall–Kier alpha value is -1.66. The van der Waals surface area contributed by atoms with Crippen molar-refractivity contribution in [2.75, 3.05) is 7.11 Å². The molecule has 0 amide bonds. The van der Waals surface area contributed by atoms with Crippen LogP contribution in [-0.4, -0.2) is 34.5 Å². The number of carboxylic acids is 1. The molecule has 0 heterocycles. The lowest BCUT2D eigenvalue weighted by atomic mass is 10.0. The number of halogens is 1. The van der Waals surface area contributed by atoms with E-state index in [1.165, 1.54) is 13.2 Å². The number of ether oxygens (including phenoxy) is 1. The summed E-state index contributed by atoms with van der Waals surface area (Å²) in [6, 6.07) is 3.33. The maximum Gasteiger partial charge on any atom is 0.335 e. The second-order valence-electron chi connectivity index (χ2n) is 3.12. The van der Waals surface area contributed by atoms with Gasteiger partial charge in [0.05, 0.1) is 7.11 Å². The van der Waals surface area contributed by atoms with Crippen LogP contribution in [0.2, 0.25) is 0 Å². The summed E-state index contributed by atoms with van der Waals surface area (Å²) in [6.07, 6.45) is -3.60. The van der Waals surface area contributed by atoms with Crippen LogP contribution in [0.5, 0.6) is 5.75 Å². The Kier molecular flexibility index (Phi) is 3.81. The van der Waals surface area contributed by atoms with E-state index in [1.807, 2.05) is 0 Å². The molecule has 88 valence electrons. The molecule has 0 saturated carbocycles. The number of benzene rings is 1. The predicted octanol–water partition coefficient (Wildman–Crippen LogP) is 0.313. The standard InChI is InChI=1S/C10H11FO5/c1-16-7-4-5(2-3-6(7)11)8(12)9(13)10(14)15/h2-4,8-9,12-13H,1H3,(H,14,15). The van der Waals surface area contributed by atoms with E-state index in [-0.39, 0.29) is 11.3 Å². The summed E-state index contributed by atoms with van der Waals surface area (Å²) >= 11 is 0. The van der Waals surface area contributed by atoms with Gasteiger partial charge in [0.1, 0.15) is 6.10 Å². The fourth-order valence-corrected chi connectivity index (χ4v) is 1.18. The van der Waals surface area contributed by atoms with Gasteiger partial charge in [0.15, 0.2) is 17.7 Å². The highest BCUT2D eigenvalue weighted by molar-refractivity contribution is 5.73. The van der Waals surface area contributed by atoms with Crippen molar-refractivity contribution in [1.82, 2.24) is 0 Å². The minimum Gasteiger partial charge on any atom is -0.494 e. The number of aliphatic carboxylic acids is 1. The topological polar surface area (TPSA) is 87.0 Å². The van der Waals surface area contributed by atoms with Gasteiger partial charge < -0.3 is 20.1 Å². The van der Waals surface area contributed by atoms with E-state index >= 15 is 0 Å². The first-order valence-electron chi connectivity index (χ1n) is 4.39. The molecular weight excluding hydrogens is 219 g/mol. The molecule has 6 heteroatoms. The first kappa shape index (κ1) is 12.4. The number of carboxylic acid groups (broad SMARTS) is 1. The highest BCUT2D eigenvalue weighted by Gasteiger charge is 2.25. The molecule has 0 saturated heterocycles. The van der Waals surface area contributed by atoms with E-state index in [0.717, 1.165) is 12.1 Å². The van der Waals surface area contributed by atoms with Crippen molar-refractivity contribution < 1.29 is 29.2 Å². The average Bonchev–Trinajstić information content (AvgIpc) is 2.27. The zero-order valence-corrected chi connectivity index (χ0v) is 8.42. The third-order valence-corrected chi connectivity index (χ3v) is 2.07. The van der Waals surface area contributed by atoms with Gasteiger partial charge in [-0.3, -0.25) is 0 Å². The van der Waals surface area contributed by atoms with Crippen molar-refractivity contribution in [1.29, 1.82) is 0 Å². The van der Waals surface area contributed by atoms with Gasteiger partial charge in [0.25, 0.3) is 0 Å². The first-order chi connectivity index (χ1) is 7.47. The summed E-state index contributed by atoms with van der Waals surface area (Å²) in [4.78, 5) is 10.4. The summed E-state index contributed by atoms with van der Waals surface area (Å²) in [7, 11) is 1.24. The molecule has 0 aliphatic carbocycles. The van der Waals surface area contributed by atoms with Crippen molar-refractivity contribution in [3.05, 3.63) is 29.6 Å². The largest absolute Gasteiger partial charge is 0.494 e. The minimum atomic E-state index is -1.96. The van der Waals surface area contributed by atoms with Crippen LogP contribution in [0.4, 0.5) is 4.39 Å². The molecule has 2 unspecified atom stereocenters. The lowest BCUT2D eigenvalue weighted by molar-refractivity contribution is -0.153. The molecule has 1 aromatic rings. The van der Waals surface area contributed by atoms with Crippen molar-refractivity contribution >= 4 is 5.97 Å². The van der Waals surface area contributed by atoms with Gasteiger partial charge in [-0.25, -0.2) is 9.18 Å². The summed E-state index contributed by atoms with van der Waals surface area (Å²) in [5, 5.41) is 27.0. The van der Waals surface area contributed by atoms with Crippen LogP contribution in [0.25, 0.3) is 0 Å². The van der Waals surface area contributed by atoms with Crippen LogP contribution < -0.4 is 4.74 Å². The van der Waals surface area contributed by atoms with Crippen LogP contribution >= 0.6 is 0 Å². The average molecular weight is 230 g/mol. The molecule has 0 spiro atoms. The van der Waals surface area contributed by atoms with E-state index in [4.69, 9.17) is 10.2 Å². The number of methoxy groups -OCH3 is 1. The smallest absolute Gasteiger partial charge is 0.335 e. The molecule has 2 atom stereocenters. The molecule has 3 N–H and O–H groups in total. The number of aliphatic hydroxyl groups excluding tert-OH is 2. The Morgan fingerprint density at radius 3 is 2.56 bits per heavy atom. The maximum atomic E-state index is 13.0. The van der Waals surface area contributed by atoms with E-state index in [2.05, 4.69) is 4.74 Å². The predicted molar refractivity (Wildman–Crippen MR) is 51.6 cm³/mol. The Morgan fingerprint density at radius 2 is 2.06 bits per heavy atom. The van der Waals surface area contributed by atoms with Gasteiger partial charge >= 0.3 is 5.97 Å².